The van der Waals surface area contributed by atoms with E-state index in [9.17, 15) is 4.79 Å². The highest BCUT2D eigenvalue weighted by Gasteiger charge is 2.17. The fraction of sp³-hybridized carbons (Fsp3) is 0.160. The van der Waals surface area contributed by atoms with Crippen molar-refractivity contribution in [2.24, 2.45) is 5.73 Å². The summed E-state index contributed by atoms with van der Waals surface area (Å²) in [5.74, 6) is 1.23. The maximum Gasteiger partial charge on any atom is 0.320 e. The number of rotatable bonds is 8. The van der Waals surface area contributed by atoms with E-state index >= 15 is 0 Å². The maximum absolute atomic E-state index is 11.0. The molecule has 3 N–H and O–H groups in total. The molecular weight excluding hydrogens is 458 g/mol. The van der Waals surface area contributed by atoms with Gasteiger partial charge in [0.25, 0.3) is 5.89 Å². The Morgan fingerprint density at radius 2 is 1.56 bits per heavy atom. The molecule has 0 saturated carbocycles. The maximum atomic E-state index is 11.0. The summed E-state index contributed by atoms with van der Waals surface area (Å²) >= 11 is 0. The minimum atomic E-state index is -1.03. The largest absolute Gasteiger partial charge is 0.497 e. The van der Waals surface area contributed by atoms with Crippen LogP contribution in [-0.4, -0.2) is 41.5 Å². The van der Waals surface area contributed by atoms with Gasteiger partial charge in [0, 0.05) is 11.1 Å². The smallest absolute Gasteiger partial charge is 0.320 e. The number of hydrogen-bond acceptors (Lipinski definition) is 7. The standard InChI is InChI=1S/C25H23N3O5.ClH/c1-31-18-9-7-16(8-10-18)21-14-19(32-2)11-12-20(21)24-27-23(28-33-24)17-5-3-15(4-6-17)13-22(26)25(29)30;/h3-12,14,22H,13,26H2,1-2H3,(H,29,30);1H/t22-;/m0./s1. The normalized spacial score (nSPS) is 11.4. The molecule has 176 valence electrons. The molecule has 0 fully saturated rings. The number of aliphatic carboxylic acids is 1. The molecule has 3 aromatic carbocycles. The Morgan fingerprint density at radius 3 is 2.18 bits per heavy atom. The molecule has 0 bridgehead atoms. The number of methoxy groups -OCH3 is 2. The van der Waals surface area contributed by atoms with Gasteiger partial charge < -0.3 is 24.8 Å². The lowest BCUT2D eigenvalue weighted by molar-refractivity contribution is -0.138. The number of aromatic nitrogens is 2. The third kappa shape index (κ3) is 5.36. The highest BCUT2D eigenvalue weighted by molar-refractivity contribution is 5.85. The van der Waals surface area contributed by atoms with Crippen LogP contribution in [0.4, 0.5) is 0 Å². The Kier molecular flexibility index (Phi) is 7.88. The average Bonchev–Trinajstić information content (AvgIpc) is 3.34. The molecule has 0 radical (unpaired) electrons. The van der Waals surface area contributed by atoms with Crippen LogP contribution < -0.4 is 15.2 Å². The van der Waals surface area contributed by atoms with Crippen LogP contribution in [0.15, 0.2) is 71.3 Å². The first kappa shape index (κ1) is 24.8. The van der Waals surface area contributed by atoms with Crippen LogP contribution in [0.2, 0.25) is 0 Å². The van der Waals surface area contributed by atoms with Crippen LogP contribution >= 0.6 is 12.4 Å². The first-order valence-electron chi connectivity index (χ1n) is 10.2. The quantitative estimate of drug-likeness (QED) is 0.378. The van der Waals surface area contributed by atoms with Gasteiger partial charge in [0.2, 0.25) is 5.82 Å². The molecule has 0 unspecified atom stereocenters. The minimum absolute atomic E-state index is 0. The second-order valence-corrected chi connectivity index (χ2v) is 7.41. The van der Waals surface area contributed by atoms with Crippen LogP contribution in [0.1, 0.15) is 5.56 Å². The monoisotopic (exact) mass is 481 g/mol. The van der Waals surface area contributed by atoms with Gasteiger partial charge in [-0.15, -0.1) is 12.4 Å². The zero-order valence-electron chi connectivity index (χ0n) is 18.6. The molecule has 1 atom stereocenters. The summed E-state index contributed by atoms with van der Waals surface area (Å²) in [6.07, 6.45) is 0.240. The van der Waals surface area contributed by atoms with E-state index in [1.165, 1.54) is 0 Å². The topological polar surface area (TPSA) is 121 Å². The lowest BCUT2D eigenvalue weighted by Gasteiger charge is -2.10. The van der Waals surface area contributed by atoms with Gasteiger partial charge in [0.05, 0.1) is 14.2 Å². The van der Waals surface area contributed by atoms with Gasteiger partial charge in [0.15, 0.2) is 0 Å². The molecule has 34 heavy (non-hydrogen) atoms. The van der Waals surface area contributed by atoms with E-state index in [4.69, 9.17) is 24.8 Å². The molecule has 1 aromatic heterocycles. The third-order valence-electron chi connectivity index (χ3n) is 5.27. The van der Waals surface area contributed by atoms with Gasteiger partial charge in [-0.25, -0.2) is 0 Å². The molecular formula is C25H24ClN3O5. The summed E-state index contributed by atoms with van der Waals surface area (Å²) in [5, 5.41) is 13.1. The van der Waals surface area contributed by atoms with E-state index in [0.717, 1.165) is 33.6 Å². The molecule has 0 aliphatic rings. The van der Waals surface area contributed by atoms with Gasteiger partial charge in [0.1, 0.15) is 17.5 Å². The van der Waals surface area contributed by atoms with Crippen molar-refractivity contribution in [3.63, 3.8) is 0 Å². The van der Waals surface area contributed by atoms with Crippen molar-refractivity contribution >= 4 is 18.4 Å². The zero-order valence-corrected chi connectivity index (χ0v) is 19.4. The number of benzene rings is 3. The lowest BCUT2D eigenvalue weighted by Crippen LogP contribution is -2.32. The Hall–Kier alpha value is -3.88. The van der Waals surface area contributed by atoms with Gasteiger partial charge >= 0.3 is 5.97 Å². The molecule has 0 spiro atoms. The molecule has 4 rings (SSSR count). The summed E-state index contributed by atoms with van der Waals surface area (Å²) in [4.78, 5) is 15.5. The highest BCUT2D eigenvalue weighted by atomic mass is 35.5. The highest BCUT2D eigenvalue weighted by Crippen LogP contribution is 2.35. The number of nitrogens with zero attached hydrogens (tertiary/aromatic N) is 2. The summed E-state index contributed by atoms with van der Waals surface area (Å²) in [5.41, 5.74) is 9.77. The van der Waals surface area contributed by atoms with Gasteiger partial charge in [-0.2, -0.15) is 4.98 Å². The number of halogens is 1. The third-order valence-corrected chi connectivity index (χ3v) is 5.27. The molecule has 0 aliphatic carbocycles. The first-order valence-corrected chi connectivity index (χ1v) is 10.2. The van der Waals surface area contributed by atoms with Crippen molar-refractivity contribution in [1.29, 1.82) is 0 Å². The molecule has 9 heteroatoms. The minimum Gasteiger partial charge on any atom is -0.497 e. The van der Waals surface area contributed by atoms with Crippen LogP contribution in [0.5, 0.6) is 11.5 Å². The number of carboxylic acids is 1. The van der Waals surface area contributed by atoms with Crippen LogP contribution in [-0.2, 0) is 11.2 Å². The second kappa shape index (κ2) is 10.8. The van der Waals surface area contributed by atoms with E-state index in [2.05, 4.69) is 10.1 Å². The number of carboxylic acid groups (broad SMARTS) is 1. The summed E-state index contributed by atoms with van der Waals surface area (Å²) in [7, 11) is 3.24. The van der Waals surface area contributed by atoms with Gasteiger partial charge in [-0.1, -0.05) is 41.6 Å². The average molecular weight is 482 g/mol. The Labute approximate surface area is 202 Å². The predicted molar refractivity (Wildman–Crippen MR) is 130 cm³/mol. The zero-order chi connectivity index (χ0) is 23.4. The first-order chi connectivity index (χ1) is 16.0. The van der Waals surface area contributed by atoms with Crippen LogP contribution in [0, 0.1) is 0 Å². The molecule has 4 aromatic rings. The van der Waals surface area contributed by atoms with E-state index in [0.29, 0.717) is 17.5 Å². The Bertz CT molecular complexity index is 1260. The fourth-order valence-corrected chi connectivity index (χ4v) is 3.43. The summed E-state index contributed by atoms with van der Waals surface area (Å²) < 4.78 is 16.2. The summed E-state index contributed by atoms with van der Waals surface area (Å²) in [6, 6.07) is 19.6. The van der Waals surface area contributed by atoms with E-state index < -0.39 is 12.0 Å². The van der Waals surface area contributed by atoms with Gasteiger partial charge in [-0.05, 0) is 53.4 Å². The Morgan fingerprint density at radius 1 is 0.941 bits per heavy atom. The molecule has 0 amide bonds. The summed E-state index contributed by atoms with van der Waals surface area (Å²) in [6.45, 7) is 0. The number of ether oxygens (including phenoxy) is 2. The Balaban J connectivity index is 0.00000324. The molecule has 8 nitrogen and oxygen atoms in total. The number of hydrogen-bond donors (Lipinski definition) is 2. The van der Waals surface area contributed by atoms with Crippen molar-refractivity contribution in [3.8, 4) is 45.5 Å². The molecule has 0 aliphatic heterocycles. The van der Waals surface area contributed by atoms with Crippen molar-refractivity contribution in [3.05, 3.63) is 72.3 Å². The van der Waals surface area contributed by atoms with E-state index in [1.54, 1.807) is 14.2 Å². The van der Waals surface area contributed by atoms with Crippen molar-refractivity contribution in [2.45, 2.75) is 12.5 Å². The molecule has 1 heterocycles. The van der Waals surface area contributed by atoms with E-state index in [1.807, 2.05) is 66.7 Å². The number of nitrogens with two attached hydrogens (primary N) is 1. The van der Waals surface area contributed by atoms with Crippen molar-refractivity contribution in [2.75, 3.05) is 14.2 Å². The van der Waals surface area contributed by atoms with Gasteiger partial charge in [-0.3, -0.25) is 4.79 Å². The second-order valence-electron chi connectivity index (χ2n) is 7.41. The van der Waals surface area contributed by atoms with Crippen LogP contribution in [0.25, 0.3) is 34.0 Å². The van der Waals surface area contributed by atoms with Crippen molar-refractivity contribution in [1.82, 2.24) is 10.1 Å². The molecule has 0 saturated heterocycles. The van der Waals surface area contributed by atoms with Crippen LogP contribution in [0.3, 0.4) is 0 Å². The fourth-order valence-electron chi connectivity index (χ4n) is 3.43. The SMILES string of the molecule is COc1ccc(-c2cc(OC)ccc2-c2nc(-c3ccc(C[C@H](N)C(=O)O)cc3)no2)cc1.Cl. The van der Waals surface area contributed by atoms with Crippen molar-refractivity contribution < 1.29 is 23.9 Å². The number of carbonyl (C=O) groups is 1. The predicted octanol–water partition coefficient (Wildman–Crippen LogP) is 4.46. The lowest BCUT2D eigenvalue weighted by atomic mass is 9.99. The van der Waals surface area contributed by atoms with E-state index in [-0.39, 0.29) is 18.8 Å².